The van der Waals surface area contributed by atoms with Gasteiger partial charge in [0, 0.05) is 4.90 Å². The minimum absolute atomic E-state index is 0.0968. The monoisotopic (exact) mass is 390 g/mol. The predicted molar refractivity (Wildman–Crippen MR) is 80.5 cm³/mol. The van der Waals surface area contributed by atoms with Gasteiger partial charge in [0.1, 0.15) is 5.76 Å². The third-order valence-electron chi connectivity index (χ3n) is 3.14. The summed E-state index contributed by atoms with van der Waals surface area (Å²) in [5.74, 6) is 0.644. The number of hydrogen-bond acceptors (Lipinski definition) is 7. The summed E-state index contributed by atoms with van der Waals surface area (Å²) < 4.78 is 72.3. The third-order valence-corrected chi connectivity index (χ3v) is 5.73. The van der Waals surface area contributed by atoms with Crippen LogP contribution in [0.3, 0.4) is 0 Å². The largest absolute Gasteiger partial charge is 0.501 e. The number of hydrogen-bond donors (Lipinski definition) is 0. The maximum Gasteiger partial charge on any atom is 0.501 e. The quantitative estimate of drug-likeness (QED) is 0.663. The Balaban J connectivity index is 1.96. The highest BCUT2D eigenvalue weighted by Gasteiger charge is 2.48. The van der Waals surface area contributed by atoms with Crippen molar-refractivity contribution in [2.75, 3.05) is 0 Å². The molecular formula is C14H9F3N2O4S2. The van der Waals surface area contributed by atoms with Crippen LogP contribution in [0.15, 0.2) is 60.4 Å². The normalized spacial score (nSPS) is 12.5. The molecule has 132 valence electrons. The number of nitrogens with zero attached hydrogens (tertiary/aromatic N) is 2. The number of aromatic nitrogens is 2. The van der Waals surface area contributed by atoms with E-state index in [1.54, 1.807) is 13.0 Å². The van der Waals surface area contributed by atoms with Crippen molar-refractivity contribution in [3.05, 3.63) is 42.4 Å². The number of benzene rings is 1. The van der Waals surface area contributed by atoms with Crippen LogP contribution in [0, 0.1) is 6.92 Å². The lowest BCUT2D eigenvalue weighted by atomic mass is 10.3. The smallest absolute Gasteiger partial charge is 0.469 e. The fourth-order valence-electron chi connectivity index (χ4n) is 1.94. The molecule has 0 unspecified atom stereocenters. The first-order chi connectivity index (χ1) is 11.7. The first-order valence-corrected chi connectivity index (χ1v) is 8.96. The van der Waals surface area contributed by atoms with Gasteiger partial charge in [-0.15, -0.1) is 10.2 Å². The highest BCUT2D eigenvalue weighted by molar-refractivity contribution is 8.00. The molecule has 2 aromatic heterocycles. The van der Waals surface area contributed by atoms with Gasteiger partial charge in [0.2, 0.25) is 0 Å². The fourth-order valence-corrected chi connectivity index (χ4v) is 3.94. The summed E-state index contributed by atoms with van der Waals surface area (Å²) in [5, 5.41) is 7.41. The molecule has 0 amide bonds. The van der Waals surface area contributed by atoms with Crippen molar-refractivity contribution < 1.29 is 30.4 Å². The molecule has 0 aliphatic carbocycles. The Morgan fingerprint density at radius 3 is 2.48 bits per heavy atom. The number of alkyl halides is 3. The van der Waals surface area contributed by atoms with E-state index < -0.39 is 20.2 Å². The van der Waals surface area contributed by atoms with Gasteiger partial charge in [-0.2, -0.15) is 13.2 Å². The molecule has 0 saturated carbocycles. The van der Waals surface area contributed by atoms with Crippen LogP contribution in [0.1, 0.15) is 5.76 Å². The van der Waals surface area contributed by atoms with E-state index in [0.29, 0.717) is 23.1 Å². The van der Waals surface area contributed by atoms with Crippen molar-refractivity contribution in [3.8, 4) is 11.5 Å². The molecule has 3 aromatic rings. The van der Waals surface area contributed by atoms with Gasteiger partial charge in [-0.05, 0) is 36.9 Å². The topological polar surface area (TPSA) is 86.2 Å². The maximum atomic E-state index is 12.8. The van der Waals surface area contributed by atoms with Gasteiger partial charge in [0.05, 0.1) is 16.7 Å². The van der Waals surface area contributed by atoms with Gasteiger partial charge < -0.3 is 8.83 Å². The lowest BCUT2D eigenvalue weighted by Crippen LogP contribution is -2.23. The Hall–Kier alpha value is -2.27. The standard InChI is InChI=1S/C14H9F3N2O4S2/c1-8-9(6-7-22-8)12-18-19-13(23-12)24-10-4-2-3-5-11(10)25(20,21)14(15,16)17/h2-7H,1H3. The van der Waals surface area contributed by atoms with Crippen LogP contribution in [0.4, 0.5) is 13.2 Å². The zero-order valence-electron chi connectivity index (χ0n) is 12.4. The first kappa shape index (κ1) is 17.5. The molecule has 0 N–H and O–H groups in total. The Labute approximate surface area is 144 Å². The number of halogens is 3. The molecule has 0 saturated heterocycles. The van der Waals surface area contributed by atoms with Crippen LogP contribution in [-0.2, 0) is 9.84 Å². The molecule has 11 heteroatoms. The zero-order valence-corrected chi connectivity index (χ0v) is 14.1. The number of rotatable bonds is 4. The molecule has 0 radical (unpaired) electrons. The van der Waals surface area contributed by atoms with Crippen molar-refractivity contribution in [2.24, 2.45) is 0 Å². The molecule has 3 rings (SSSR count). The van der Waals surface area contributed by atoms with Crippen molar-refractivity contribution >= 4 is 21.6 Å². The van der Waals surface area contributed by atoms with Crippen molar-refractivity contribution in [1.29, 1.82) is 0 Å². The molecule has 1 aromatic carbocycles. The second-order valence-corrected chi connectivity index (χ2v) is 7.66. The summed E-state index contributed by atoms with van der Waals surface area (Å²) >= 11 is 0.631. The average Bonchev–Trinajstić information content (AvgIpc) is 3.15. The van der Waals surface area contributed by atoms with E-state index >= 15 is 0 Å². The molecule has 0 aliphatic heterocycles. The van der Waals surface area contributed by atoms with E-state index in [4.69, 9.17) is 8.83 Å². The fraction of sp³-hybridized carbons (Fsp3) is 0.143. The minimum Gasteiger partial charge on any atom is -0.469 e. The van der Waals surface area contributed by atoms with Crippen LogP contribution in [0.25, 0.3) is 11.5 Å². The molecule has 25 heavy (non-hydrogen) atoms. The molecule has 0 fully saturated rings. The molecule has 0 aliphatic rings. The van der Waals surface area contributed by atoms with Gasteiger partial charge in [0.15, 0.2) is 0 Å². The highest BCUT2D eigenvalue weighted by Crippen LogP contribution is 2.38. The van der Waals surface area contributed by atoms with E-state index in [2.05, 4.69) is 10.2 Å². The molecule has 0 spiro atoms. The second-order valence-electron chi connectivity index (χ2n) is 4.76. The Bertz CT molecular complexity index is 1010. The molecule has 6 nitrogen and oxygen atoms in total. The Morgan fingerprint density at radius 1 is 1.12 bits per heavy atom. The molecule has 2 heterocycles. The van der Waals surface area contributed by atoms with E-state index in [9.17, 15) is 21.6 Å². The third kappa shape index (κ3) is 3.29. The second kappa shape index (κ2) is 6.23. The summed E-state index contributed by atoms with van der Waals surface area (Å²) in [6.45, 7) is 1.68. The van der Waals surface area contributed by atoms with Crippen LogP contribution < -0.4 is 0 Å². The van der Waals surface area contributed by atoms with Crippen LogP contribution in [-0.4, -0.2) is 24.1 Å². The van der Waals surface area contributed by atoms with Crippen LogP contribution in [0.2, 0.25) is 0 Å². The predicted octanol–water partition coefficient (Wildman–Crippen LogP) is 4.08. The molecular weight excluding hydrogens is 381 g/mol. The molecule has 0 atom stereocenters. The van der Waals surface area contributed by atoms with Gasteiger partial charge in [-0.25, -0.2) is 8.42 Å². The van der Waals surface area contributed by atoms with E-state index in [-0.39, 0.29) is 16.0 Å². The lowest BCUT2D eigenvalue weighted by Gasteiger charge is -2.10. The summed E-state index contributed by atoms with van der Waals surface area (Å²) in [5.41, 5.74) is -4.87. The van der Waals surface area contributed by atoms with Crippen molar-refractivity contribution in [1.82, 2.24) is 10.2 Å². The summed E-state index contributed by atoms with van der Waals surface area (Å²) in [6.07, 6.45) is 1.42. The Morgan fingerprint density at radius 2 is 1.84 bits per heavy atom. The van der Waals surface area contributed by atoms with E-state index in [1.807, 2.05) is 0 Å². The lowest BCUT2D eigenvalue weighted by molar-refractivity contribution is -0.0437. The summed E-state index contributed by atoms with van der Waals surface area (Å²) in [4.78, 5) is -1.04. The van der Waals surface area contributed by atoms with Crippen molar-refractivity contribution in [3.63, 3.8) is 0 Å². The number of aryl methyl sites for hydroxylation is 1. The Kier molecular flexibility index (Phi) is 4.37. The minimum atomic E-state index is -5.50. The zero-order chi connectivity index (χ0) is 18.2. The van der Waals surface area contributed by atoms with Crippen LogP contribution in [0.5, 0.6) is 0 Å². The van der Waals surface area contributed by atoms with Gasteiger partial charge >= 0.3 is 5.51 Å². The molecule has 0 bridgehead atoms. The van der Waals surface area contributed by atoms with Gasteiger partial charge in [-0.1, -0.05) is 12.1 Å². The SMILES string of the molecule is Cc1occc1-c1nnc(Sc2ccccc2S(=O)(=O)C(F)(F)F)o1. The number of furan rings is 1. The highest BCUT2D eigenvalue weighted by atomic mass is 32.2. The number of sulfone groups is 1. The van der Waals surface area contributed by atoms with Crippen LogP contribution >= 0.6 is 11.8 Å². The van der Waals surface area contributed by atoms with E-state index in [1.165, 1.54) is 24.5 Å². The van der Waals surface area contributed by atoms with E-state index in [0.717, 1.165) is 6.07 Å². The summed E-state index contributed by atoms with van der Waals surface area (Å²) in [7, 11) is -5.50. The van der Waals surface area contributed by atoms with Gasteiger partial charge in [-0.3, -0.25) is 0 Å². The maximum absolute atomic E-state index is 12.8. The average molecular weight is 390 g/mol. The summed E-state index contributed by atoms with van der Waals surface area (Å²) in [6, 6.07) is 6.32. The van der Waals surface area contributed by atoms with Crippen molar-refractivity contribution in [2.45, 2.75) is 27.4 Å². The first-order valence-electron chi connectivity index (χ1n) is 6.66. The van der Waals surface area contributed by atoms with Gasteiger partial charge in [0.25, 0.3) is 21.0 Å².